The maximum Gasteiger partial charge on any atom is 0.0598 e. The Bertz CT molecular complexity index is 439. The Hall–Kier alpha value is -1.30. The van der Waals surface area contributed by atoms with Gasteiger partial charge in [0.05, 0.1) is 6.54 Å². The second kappa shape index (κ2) is 6.75. The molecule has 2 nitrogen and oxygen atoms in total. The van der Waals surface area contributed by atoms with Crippen molar-refractivity contribution >= 4 is 0 Å². The van der Waals surface area contributed by atoms with Crippen LogP contribution in [0, 0.1) is 19.3 Å². The van der Waals surface area contributed by atoms with Crippen molar-refractivity contribution in [3.63, 3.8) is 0 Å². The van der Waals surface area contributed by atoms with E-state index in [1.54, 1.807) is 0 Å². The minimum Gasteiger partial charge on any atom is -0.307 e. The molecule has 1 atom stereocenters. The van der Waals surface area contributed by atoms with Crippen molar-refractivity contribution in [2.24, 2.45) is 0 Å². The first-order valence-electron chi connectivity index (χ1n) is 7.18. The van der Waals surface area contributed by atoms with E-state index in [9.17, 15) is 0 Å². The minimum atomic E-state index is 0.422. The third-order valence-electron chi connectivity index (χ3n) is 4.04. The Labute approximate surface area is 117 Å². The number of nitrogens with one attached hydrogen (secondary N) is 1. The first kappa shape index (κ1) is 14.1. The van der Waals surface area contributed by atoms with Gasteiger partial charge in [-0.25, -0.2) is 0 Å². The van der Waals surface area contributed by atoms with Crippen molar-refractivity contribution < 1.29 is 0 Å². The number of piperidine rings is 1. The number of hydrogen-bond donors (Lipinski definition) is 1. The van der Waals surface area contributed by atoms with Crippen LogP contribution in [0.3, 0.4) is 0 Å². The molecule has 0 radical (unpaired) electrons. The summed E-state index contributed by atoms with van der Waals surface area (Å²) in [5, 5.41) is 3.76. The van der Waals surface area contributed by atoms with E-state index in [1.807, 2.05) is 0 Å². The molecule has 0 aliphatic carbocycles. The second-order valence-corrected chi connectivity index (χ2v) is 5.50. The molecule has 102 valence electrons. The van der Waals surface area contributed by atoms with E-state index >= 15 is 0 Å². The van der Waals surface area contributed by atoms with E-state index in [-0.39, 0.29) is 0 Å². The van der Waals surface area contributed by atoms with Crippen LogP contribution in [0.2, 0.25) is 0 Å². The van der Waals surface area contributed by atoms with Crippen molar-refractivity contribution in [3.8, 4) is 12.3 Å². The molecule has 1 saturated heterocycles. The number of aryl methyl sites for hydroxylation is 1. The fourth-order valence-corrected chi connectivity index (χ4v) is 2.90. The summed E-state index contributed by atoms with van der Waals surface area (Å²) in [5.74, 6) is 2.73. The van der Waals surface area contributed by atoms with Gasteiger partial charge in [-0.3, -0.25) is 4.90 Å². The topological polar surface area (TPSA) is 15.3 Å². The lowest BCUT2D eigenvalue weighted by atomic mass is 9.99. The van der Waals surface area contributed by atoms with Gasteiger partial charge in [-0.2, -0.15) is 0 Å². The van der Waals surface area contributed by atoms with E-state index in [4.69, 9.17) is 6.42 Å². The summed E-state index contributed by atoms with van der Waals surface area (Å²) in [6, 6.07) is 9.66. The zero-order valence-electron chi connectivity index (χ0n) is 12.0. The van der Waals surface area contributed by atoms with Crippen LogP contribution in [-0.2, 0) is 0 Å². The summed E-state index contributed by atoms with van der Waals surface area (Å²) in [7, 11) is 0. The molecule has 0 amide bonds. The second-order valence-electron chi connectivity index (χ2n) is 5.50. The molecule has 2 heteroatoms. The summed E-state index contributed by atoms with van der Waals surface area (Å²) in [4.78, 5) is 2.36. The van der Waals surface area contributed by atoms with Gasteiger partial charge in [0, 0.05) is 25.2 Å². The van der Waals surface area contributed by atoms with E-state index in [2.05, 4.69) is 54.3 Å². The van der Waals surface area contributed by atoms with Gasteiger partial charge in [0.15, 0.2) is 0 Å². The Morgan fingerprint density at radius 1 is 1.37 bits per heavy atom. The van der Waals surface area contributed by atoms with Crippen LogP contribution in [0.4, 0.5) is 0 Å². The predicted octanol–water partition coefficient (Wildman–Crippen LogP) is 2.74. The first-order chi connectivity index (χ1) is 9.20. The summed E-state index contributed by atoms with van der Waals surface area (Å²) in [6.07, 6.45) is 7.74. The van der Waals surface area contributed by atoms with Crippen LogP contribution < -0.4 is 5.32 Å². The number of hydrogen-bond acceptors (Lipinski definition) is 2. The van der Waals surface area contributed by atoms with Crippen molar-refractivity contribution in [2.45, 2.75) is 38.8 Å². The van der Waals surface area contributed by atoms with Gasteiger partial charge >= 0.3 is 0 Å². The predicted molar refractivity (Wildman–Crippen MR) is 81.0 cm³/mol. The highest BCUT2D eigenvalue weighted by Crippen LogP contribution is 2.20. The largest absolute Gasteiger partial charge is 0.307 e. The van der Waals surface area contributed by atoms with Gasteiger partial charge in [-0.1, -0.05) is 30.2 Å². The van der Waals surface area contributed by atoms with Crippen molar-refractivity contribution in [1.82, 2.24) is 10.2 Å². The number of rotatable bonds is 4. The van der Waals surface area contributed by atoms with Crippen LogP contribution in [0.25, 0.3) is 0 Å². The molecule has 1 fully saturated rings. The number of terminal acetylenes is 1. The molecule has 1 aromatic rings. The van der Waals surface area contributed by atoms with Crippen LogP contribution in [0.5, 0.6) is 0 Å². The lowest BCUT2D eigenvalue weighted by Crippen LogP contribution is -2.43. The van der Waals surface area contributed by atoms with Crippen LogP contribution in [0.15, 0.2) is 24.3 Å². The molecule has 0 unspecified atom stereocenters. The van der Waals surface area contributed by atoms with Crippen LogP contribution in [0.1, 0.15) is 36.9 Å². The highest BCUT2D eigenvalue weighted by Gasteiger charge is 2.20. The summed E-state index contributed by atoms with van der Waals surface area (Å²) in [6.45, 7) is 7.46. The third kappa shape index (κ3) is 3.83. The SMILES string of the molecule is C#CCN1CCC(N[C@H](C)c2ccccc2C)CC1. The Balaban J connectivity index is 1.86. The summed E-state index contributed by atoms with van der Waals surface area (Å²) < 4.78 is 0. The summed E-state index contributed by atoms with van der Waals surface area (Å²) >= 11 is 0. The molecule has 0 saturated carbocycles. The molecular weight excluding hydrogens is 232 g/mol. The van der Waals surface area contributed by atoms with Crippen molar-refractivity contribution in [2.75, 3.05) is 19.6 Å². The standard InChI is InChI=1S/C17H24N2/c1-4-11-19-12-9-16(10-13-19)18-15(3)17-8-6-5-7-14(17)2/h1,5-8,15-16,18H,9-13H2,2-3H3/t15-/m1/s1. The molecule has 1 aliphatic heterocycles. The van der Waals surface area contributed by atoms with Crippen LogP contribution in [-0.4, -0.2) is 30.6 Å². The highest BCUT2D eigenvalue weighted by atomic mass is 15.1. The molecule has 1 aliphatic rings. The minimum absolute atomic E-state index is 0.422. The maximum atomic E-state index is 5.36. The van der Waals surface area contributed by atoms with Crippen LogP contribution >= 0.6 is 0 Å². The smallest absolute Gasteiger partial charge is 0.0598 e. The van der Waals surface area contributed by atoms with Crippen molar-refractivity contribution in [3.05, 3.63) is 35.4 Å². The zero-order chi connectivity index (χ0) is 13.7. The molecular formula is C17H24N2. The Morgan fingerprint density at radius 3 is 2.68 bits per heavy atom. The summed E-state index contributed by atoms with van der Waals surface area (Å²) in [5.41, 5.74) is 2.78. The molecule has 0 aromatic heterocycles. The fourth-order valence-electron chi connectivity index (χ4n) is 2.90. The quantitative estimate of drug-likeness (QED) is 0.833. The van der Waals surface area contributed by atoms with Gasteiger partial charge in [0.2, 0.25) is 0 Å². The van der Waals surface area contributed by atoms with Gasteiger partial charge < -0.3 is 5.32 Å². The lowest BCUT2D eigenvalue weighted by molar-refractivity contribution is 0.211. The lowest BCUT2D eigenvalue weighted by Gasteiger charge is -2.33. The van der Waals surface area contributed by atoms with Crippen molar-refractivity contribution in [1.29, 1.82) is 0 Å². The van der Waals surface area contributed by atoms with Gasteiger partial charge in [0.1, 0.15) is 0 Å². The molecule has 19 heavy (non-hydrogen) atoms. The van der Waals surface area contributed by atoms with E-state index in [0.29, 0.717) is 12.1 Å². The zero-order valence-corrected chi connectivity index (χ0v) is 12.0. The van der Waals surface area contributed by atoms with Gasteiger partial charge in [-0.05, 0) is 37.8 Å². The highest BCUT2D eigenvalue weighted by molar-refractivity contribution is 5.28. The van der Waals surface area contributed by atoms with E-state index in [0.717, 1.165) is 19.6 Å². The van der Waals surface area contributed by atoms with Gasteiger partial charge in [0.25, 0.3) is 0 Å². The molecule has 0 bridgehead atoms. The maximum absolute atomic E-state index is 5.36. The van der Waals surface area contributed by atoms with E-state index < -0.39 is 0 Å². The molecule has 0 spiro atoms. The molecule has 2 rings (SSSR count). The fraction of sp³-hybridized carbons (Fsp3) is 0.529. The Kier molecular flexibility index (Phi) is 5.01. The Morgan fingerprint density at radius 2 is 2.05 bits per heavy atom. The molecule has 1 N–H and O–H groups in total. The first-order valence-corrected chi connectivity index (χ1v) is 7.18. The number of nitrogens with zero attached hydrogens (tertiary/aromatic N) is 1. The average Bonchev–Trinajstić information content (AvgIpc) is 2.42. The molecule has 1 aromatic carbocycles. The average molecular weight is 256 g/mol. The monoisotopic (exact) mass is 256 g/mol. The third-order valence-corrected chi connectivity index (χ3v) is 4.04. The number of benzene rings is 1. The number of likely N-dealkylation sites (tertiary alicyclic amines) is 1. The van der Waals surface area contributed by atoms with Gasteiger partial charge in [-0.15, -0.1) is 6.42 Å². The molecule has 1 heterocycles. The van der Waals surface area contributed by atoms with E-state index in [1.165, 1.54) is 24.0 Å². The normalized spacial score (nSPS) is 19.0.